The summed E-state index contributed by atoms with van der Waals surface area (Å²) < 4.78 is 69.9. The summed E-state index contributed by atoms with van der Waals surface area (Å²) in [6.45, 7) is 1.36. The first-order valence-electron chi connectivity index (χ1n) is 8.39. The minimum Gasteiger partial charge on any atom is -0.370 e. The minimum absolute atomic E-state index is 0.0454. The summed E-state index contributed by atoms with van der Waals surface area (Å²) in [5.41, 5.74) is 7.80. The van der Waals surface area contributed by atoms with Gasteiger partial charge in [-0.1, -0.05) is 0 Å². The number of benzene rings is 1. The zero-order chi connectivity index (χ0) is 18.6. The highest BCUT2D eigenvalue weighted by Gasteiger charge is 2.40. The molecule has 0 amide bonds. The maximum atomic E-state index is 14.0. The summed E-state index contributed by atoms with van der Waals surface area (Å²) in [4.78, 5) is 2.11. The third kappa shape index (κ3) is 3.17. The molecule has 0 saturated carbocycles. The Bertz CT molecular complexity index is 863. The molecule has 3 aliphatic heterocycles. The van der Waals surface area contributed by atoms with Gasteiger partial charge in [-0.15, -0.1) is 0 Å². The summed E-state index contributed by atoms with van der Waals surface area (Å²) in [7, 11) is -3.00. The summed E-state index contributed by atoms with van der Waals surface area (Å²) >= 11 is 0. The lowest BCUT2D eigenvalue weighted by atomic mass is 9.93. The summed E-state index contributed by atoms with van der Waals surface area (Å²) in [6.07, 6.45) is -0.450. The molecule has 142 valence electrons. The Kier molecular flexibility index (Phi) is 4.37. The van der Waals surface area contributed by atoms with Crippen LogP contribution < -0.4 is 5.73 Å². The van der Waals surface area contributed by atoms with Gasteiger partial charge in [-0.2, -0.15) is 0 Å². The molecule has 3 heterocycles. The average Bonchev–Trinajstić information content (AvgIpc) is 3.04. The molecule has 0 aromatic heterocycles. The molecule has 0 spiro atoms. The summed E-state index contributed by atoms with van der Waals surface area (Å²) in [6, 6.07) is 0.737. The molecule has 0 radical (unpaired) electrons. The number of nitrogens with two attached hydrogens (primary N) is 1. The smallest absolute Gasteiger partial charge is 0.164 e. The van der Waals surface area contributed by atoms with Crippen molar-refractivity contribution in [2.75, 3.05) is 31.2 Å². The molecule has 4 rings (SSSR count). The molecule has 0 aliphatic carbocycles. The minimum atomic E-state index is -3.00. The van der Waals surface area contributed by atoms with Crippen LogP contribution in [0.25, 0.3) is 0 Å². The van der Waals surface area contributed by atoms with E-state index in [9.17, 15) is 21.6 Å². The molecule has 1 aromatic carbocycles. The van der Waals surface area contributed by atoms with Gasteiger partial charge in [0, 0.05) is 36.8 Å². The van der Waals surface area contributed by atoms with Gasteiger partial charge >= 0.3 is 0 Å². The van der Waals surface area contributed by atoms with E-state index in [1.807, 2.05) is 0 Å². The van der Waals surface area contributed by atoms with Crippen LogP contribution in [-0.4, -0.2) is 56.6 Å². The second-order valence-electron chi connectivity index (χ2n) is 7.24. The first kappa shape index (κ1) is 18.0. The Morgan fingerprint density at radius 3 is 2.38 bits per heavy atom. The van der Waals surface area contributed by atoms with Crippen LogP contribution in [0, 0.1) is 17.5 Å². The van der Waals surface area contributed by atoms with Gasteiger partial charge in [-0.25, -0.2) is 21.6 Å². The Morgan fingerprint density at radius 2 is 1.77 bits per heavy atom. The molecule has 3 atom stereocenters. The molecular formula is C17H19F3N2O3S. The van der Waals surface area contributed by atoms with Crippen molar-refractivity contribution < 1.29 is 26.3 Å². The van der Waals surface area contributed by atoms with Gasteiger partial charge in [-0.05, 0) is 23.6 Å². The van der Waals surface area contributed by atoms with Crippen LogP contribution in [0.2, 0.25) is 0 Å². The van der Waals surface area contributed by atoms with Crippen molar-refractivity contribution in [1.82, 2.24) is 4.90 Å². The second kappa shape index (κ2) is 6.33. The van der Waals surface area contributed by atoms with Gasteiger partial charge in [0.2, 0.25) is 0 Å². The fourth-order valence-corrected chi connectivity index (χ4v) is 5.86. The molecule has 9 heteroatoms. The lowest BCUT2D eigenvalue weighted by molar-refractivity contribution is -0.0467. The summed E-state index contributed by atoms with van der Waals surface area (Å²) in [5, 5.41) is 0. The van der Waals surface area contributed by atoms with Crippen molar-refractivity contribution in [2.24, 2.45) is 5.73 Å². The maximum Gasteiger partial charge on any atom is 0.164 e. The van der Waals surface area contributed by atoms with Crippen LogP contribution in [0.4, 0.5) is 13.2 Å². The van der Waals surface area contributed by atoms with Crippen LogP contribution in [0.1, 0.15) is 18.1 Å². The highest BCUT2D eigenvalue weighted by atomic mass is 32.2. The topological polar surface area (TPSA) is 72.6 Å². The normalized spacial score (nSPS) is 31.5. The van der Waals surface area contributed by atoms with E-state index in [0.717, 1.165) is 17.2 Å². The van der Waals surface area contributed by atoms with Gasteiger partial charge in [0.15, 0.2) is 21.5 Å². The lowest BCUT2D eigenvalue weighted by Gasteiger charge is -2.39. The third-order valence-electron chi connectivity index (χ3n) is 5.32. The van der Waals surface area contributed by atoms with Gasteiger partial charge in [-0.3, -0.25) is 4.90 Å². The quantitative estimate of drug-likeness (QED) is 0.611. The van der Waals surface area contributed by atoms with Crippen LogP contribution in [-0.2, 0) is 14.6 Å². The highest BCUT2D eigenvalue weighted by Crippen LogP contribution is 2.35. The Labute approximate surface area is 149 Å². The Balaban J connectivity index is 1.44. The van der Waals surface area contributed by atoms with E-state index in [1.54, 1.807) is 0 Å². The predicted octanol–water partition coefficient (Wildman–Crippen LogP) is 1.30. The van der Waals surface area contributed by atoms with Gasteiger partial charge in [0.1, 0.15) is 11.9 Å². The Hall–Kier alpha value is -1.42. The monoisotopic (exact) mass is 388 g/mol. The van der Waals surface area contributed by atoms with Crippen LogP contribution in [0.5, 0.6) is 0 Å². The molecular weight excluding hydrogens is 369 g/mol. The number of nitrogens with zero attached hydrogens (tertiary/aromatic N) is 1. The number of hydrogen-bond donors (Lipinski definition) is 1. The third-order valence-corrected chi connectivity index (χ3v) is 6.90. The van der Waals surface area contributed by atoms with Crippen molar-refractivity contribution in [1.29, 1.82) is 0 Å². The highest BCUT2D eigenvalue weighted by molar-refractivity contribution is 7.92. The van der Waals surface area contributed by atoms with Crippen LogP contribution in [0.15, 0.2) is 23.3 Å². The van der Waals surface area contributed by atoms with E-state index < -0.39 is 39.4 Å². The van der Waals surface area contributed by atoms with E-state index in [2.05, 4.69) is 4.90 Å². The first-order valence-corrected chi connectivity index (χ1v) is 10.2. The molecule has 2 N–H and O–H groups in total. The van der Waals surface area contributed by atoms with E-state index in [0.29, 0.717) is 25.6 Å². The fraction of sp³-hybridized carbons (Fsp3) is 0.529. The Morgan fingerprint density at radius 1 is 1.12 bits per heavy atom. The number of rotatable bonds is 2. The predicted molar refractivity (Wildman–Crippen MR) is 88.6 cm³/mol. The standard InChI is InChI=1S/C17H19F3N2O3S/c18-11-1-13(16(20)14(19)2-11)17-15(21)3-12(6-25-17)22-4-9-7-26(23,24)8-10(9)5-22/h1-2,12,15,17H,3-8,21H2. The number of sulfone groups is 1. The second-order valence-corrected chi connectivity index (χ2v) is 9.31. The largest absolute Gasteiger partial charge is 0.370 e. The van der Waals surface area contributed by atoms with Crippen molar-refractivity contribution in [3.63, 3.8) is 0 Å². The van der Waals surface area contributed by atoms with Crippen LogP contribution in [0.3, 0.4) is 0 Å². The van der Waals surface area contributed by atoms with E-state index in [4.69, 9.17) is 10.5 Å². The zero-order valence-electron chi connectivity index (χ0n) is 13.9. The molecule has 0 bridgehead atoms. The van der Waals surface area contributed by atoms with Gasteiger partial charge in [0.05, 0.1) is 18.1 Å². The molecule has 5 nitrogen and oxygen atoms in total. The van der Waals surface area contributed by atoms with Gasteiger partial charge in [0.25, 0.3) is 0 Å². The fourth-order valence-electron chi connectivity index (χ4n) is 4.11. The summed E-state index contributed by atoms with van der Waals surface area (Å²) in [5.74, 6) is -3.07. The van der Waals surface area contributed by atoms with E-state index in [1.165, 1.54) is 0 Å². The first-order chi connectivity index (χ1) is 12.2. The molecule has 1 aromatic rings. The van der Waals surface area contributed by atoms with E-state index in [-0.39, 0.29) is 29.7 Å². The average molecular weight is 388 g/mol. The SMILES string of the molecule is NC1CC(N2CC3=C(C2)CS(=O)(=O)C3)COC1c1cc(F)cc(F)c1F. The molecule has 1 fully saturated rings. The molecule has 26 heavy (non-hydrogen) atoms. The number of ether oxygens (including phenoxy) is 1. The van der Waals surface area contributed by atoms with Gasteiger partial charge < -0.3 is 10.5 Å². The van der Waals surface area contributed by atoms with E-state index >= 15 is 0 Å². The number of hydrogen-bond acceptors (Lipinski definition) is 5. The van der Waals surface area contributed by atoms with Crippen molar-refractivity contribution in [2.45, 2.75) is 24.6 Å². The van der Waals surface area contributed by atoms with Crippen molar-refractivity contribution in [3.05, 3.63) is 46.3 Å². The molecule has 3 aliphatic rings. The maximum absolute atomic E-state index is 14.0. The van der Waals surface area contributed by atoms with Crippen molar-refractivity contribution >= 4 is 9.84 Å². The zero-order valence-corrected chi connectivity index (χ0v) is 14.7. The lowest BCUT2D eigenvalue weighted by Crippen LogP contribution is -2.49. The molecule has 3 unspecified atom stereocenters. The molecule has 1 saturated heterocycles. The van der Waals surface area contributed by atoms with Crippen molar-refractivity contribution in [3.8, 4) is 0 Å². The van der Waals surface area contributed by atoms with Crippen LogP contribution >= 0.6 is 0 Å². The number of halogens is 3.